The van der Waals surface area contributed by atoms with Crippen LogP contribution in [0, 0.1) is 6.92 Å². The van der Waals surface area contributed by atoms with Crippen molar-refractivity contribution < 1.29 is 18.9 Å². The van der Waals surface area contributed by atoms with Crippen molar-refractivity contribution in [2.45, 2.75) is 6.92 Å². The van der Waals surface area contributed by atoms with Crippen molar-refractivity contribution in [3.05, 3.63) is 11.6 Å². The predicted octanol–water partition coefficient (Wildman–Crippen LogP) is 1.58. The van der Waals surface area contributed by atoms with Gasteiger partial charge >= 0.3 is 0 Å². The molecule has 0 atom stereocenters. The van der Waals surface area contributed by atoms with E-state index < -0.39 is 0 Å². The van der Waals surface area contributed by atoms with E-state index in [1.165, 1.54) is 0 Å². The number of ether oxygens (including phenoxy) is 4. The van der Waals surface area contributed by atoms with Gasteiger partial charge in [0.2, 0.25) is 0 Å². The normalized spacial score (nSPS) is 10.0. The number of benzene rings is 1. The van der Waals surface area contributed by atoms with Gasteiger partial charge in [-0.25, -0.2) is 0 Å². The maximum absolute atomic E-state index is 5.83. The smallest absolute Gasteiger partial charge is 0.188 e. The van der Waals surface area contributed by atoms with Gasteiger partial charge in [-0.2, -0.15) is 0 Å². The maximum atomic E-state index is 5.83. The van der Waals surface area contributed by atoms with Gasteiger partial charge < -0.3 is 24.7 Å². The Labute approximate surface area is 95.1 Å². The highest BCUT2D eigenvalue weighted by atomic mass is 16.7. The molecule has 90 valence electrons. The minimum absolute atomic E-state index is 0.140. The van der Waals surface area contributed by atoms with Crippen molar-refractivity contribution in [2.24, 2.45) is 0 Å². The van der Waals surface area contributed by atoms with Crippen LogP contribution in [0.25, 0.3) is 0 Å². The number of nitrogens with two attached hydrogens (primary N) is 1. The Bertz CT molecular complexity index is 365. The fourth-order valence-corrected chi connectivity index (χ4v) is 1.53. The van der Waals surface area contributed by atoms with Crippen LogP contribution in [0.1, 0.15) is 5.56 Å². The first-order valence-corrected chi connectivity index (χ1v) is 4.78. The molecule has 0 spiro atoms. The number of anilines is 1. The van der Waals surface area contributed by atoms with E-state index in [1.807, 2.05) is 6.92 Å². The first-order valence-electron chi connectivity index (χ1n) is 4.78. The minimum Gasteiger partial charge on any atom is -0.494 e. The molecule has 0 radical (unpaired) electrons. The maximum Gasteiger partial charge on any atom is 0.188 e. The molecule has 0 unspecified atom stereocenters. The van der Waals surface area contributed by atoms with Crippen LogP contribution >= 0.6 is 0 Å². The zero-order valence-corrected chi connectivity index (χ0v) is 9.99. The number of hydrogen-bond donors (Lipinski definition) is 1. The summed E-state index contributed by atoms with van der Waals surface area (Å²) in [7, 11) is 4.68. The first kappa shape index (κ1) is 12.4. The van der Waals surface area contributed by atoms with Gasteiger partial charge in [0.05, 0.1) is 19.9 Å². The zero-order chi connectivity index (χ0) is 12.1. The van der Waals surface area contributed by atoms with Crippen LogP contribution in [-0.4, -0.2) is 28.1 Å². The van der Waals surface area contributed by atoms with Crippen molar-refractivity contribution in [3.8, 4) is 17.2 Å². The standard InChI is InChI=1S/C11H17NO4/c1-7-10(14-3)8(12)5-9(11(7)15-4)16-6-13-2/h5H,6,12H2,1-4H3. The average molecular weight is 227 g/mol. The molecule has 0 heterocycles. The van der Waals surface area contributed by atoms with E-state index in [1.54, 1.807) is 27.4 Å². The fraction of sp³-hybridized carbons (Fsp3) is 0.455. The SMILES string of the molecule is COCOc1cc(N)c(OC)c(C)c1OC. The lowest BCUT2D eigenvalue weighted by Gasteiger charge is -2.16. The molecule has 0 amide bonds. The van der Waals surface area contributed by atoms with Crippen molar-refractivity contribution in [1.82, 2.24) is 0 Å². The largest absolute Gasteiger partial charge is 0.494 e. The van der Waals surface area contributed by atoms with Crippen LogP contribution in [0.15, 0.2) is 6.07 Å². The van der Waals surface area contributed by atoms with E-state index in [9.17, 15) is 0 Å². The summed E-state index contributed by atoms with van der Waals surface area (Å²) < 4.78 is 20.6. The number of methoxy groups -OCH3 is 3. The van der Waals surface area contributed by atoms with Gasteiger partial charge in [0.1, 0.15) is 5.75 Å². The van der Waals surface area contributed by atoms with E-state index in [2.05, 4.69) is 0 Å². The van der Waals surface area contributed by atoms with Crippen LogP contribution in [0.4, 0.5) is 5.69 Å². The highest BCUT2D eigenvalue weighted by Crippen LogP contribution is 2.41. The van der Waals surface area contributed by atoms with Gasteiger partial charge in [-0.05, 0) is 6.92 Å². The van der Waals surface area contributed by atoms with Crippen molar-refractivity contribution in [3.63, 3.8) is 0 Å². The molecule has 0 saturated carbocycles. The average Bonchev–Trinajstić information content (AvgIpc) is 2.26. The Kier molecular flexibility index (Phi) is 4.25. The van der Waals surface area contributed by atoms with E-state index >= 15 is 0 Å². The molecular formula is C11H17NO4. The first-order chi connectivity index (χ1) is 7.65. The summed E-state index contributed by atoms with van der Waals surface area (Å²) in [5.41, 5.74) is 7.14. The Hall–Kier alpha value is -1.62. The zero-order valence-electron chi connectivity index (χ0n) is 9.99. The molecule has 1 rings (SSSR count). The molecule has 0 bridgehead atoms. The molecular weight excluding hydrogens is 210 g/mol. The Morgan fingerprint density at radius 2 is 1.75 bits per heavy atom. The van der Waals surface area contributed by atoms with Crippen molar-refractivity contribution >= 4 is 5.69 Å². The summed E-state index contributed by atoms with van der Waals surface area (Å²) in [6.45, 7) is 2.00. The summed E-state index contributed by atoms with van der Waals surface area (Å²) in [5, 5.41) is 0. The molecule has 1 aromatic carbocycles. The van der Waals surface area contributed by atoms with Crippen LogP contribution in [0.2, 0.25) is 0 Å². The highest BCUT2D eigenvalue weighted by molar-refractivity contribution is 5.66. The van der Waals surface area contributed by atoms with Crippen LogP contribution in [-0.2, 0) is 4.74 Å². The Morgan fingerprint density at radius 1 is 1.12 bits per heavy atom. The fourth-order valence-electron chi connectivity index (χ4n) is 1.53. The molecule has 0 aliphatic carbocycles. The van der Waals surface area contributed by atoms with Gasteiger partial charge in [-0.1, -0.05) is 0 Å². The summed E-state index contributed by atoms with van der Waals surface area (Å²) in [6.07, 6.45) is 0. The second kappa shape index (κ2) is 5.46. The second-order valence-electron chi connectivity index (χ2n) is 3.21. The van der Waals surface area contributed by atoms with Gasteiger partial charge in [-0.3, -0.25) is 0 Å². The van der Waals surface area contributed by atoms with Gasteiger partial charge in [0.15, 0.2) is 18.3 Å². The molecule has 5 nitrogen and oxygen atoms in total. The molecule has 16 heavy (non-hydrogen) atoms. The van der Waals surface area contributed by atoms with Gasteiger partial charge in [-0.15, -0.1) is 0 Å². The van der Waals surface area contributed by atoms with E-state index in [-0.39, 0.29) is 6.79 Å². The lowest BCUT2D eigenvalue weighted by Crippen LogP contribution is -2.04. The summed E-state index contributed by atoms with van der Waals surface area (Å²) in [4.78, 5) is 0. The topological polar surface area (TPSA) is 62.9 Å². The molecule has 0 saturated heterocycles. The van der Waals surface area contributed by atoms with Gasteiger partial charge in [0.25, 0.3) is 0 Å². The minimum atomic E-state index is 0.140. The Balaban J connectivity index is 3.18. The lowest BCUT2D eigenvalue weighted by atomic mass is 10.1. The monoisotopic (exact) mass is 227 g/mol. The molecule has 0 aliphatic heterocycles. The van der Waals surface area contributed by atoms with E-state index in [0.29, 0.717) is 22.9 Å². The lowest BCUT2D eigenvalue weighted by molar-refractivity contribution is 0.0491. The second-order valence-corrected chi connectivity index (χ2v) is 3.21. The predicted molar refractivity (Wildman–Crippen MR) is 61.2 cm³/mol. The van der Waals surface area contributed by atoms with Crippen LogP contribution < -0.4 is 19.9 Å². The third-order valence-corrected chi connectivity index (χ3v) is 2.19. The van der Waals surface area contributed by atoms with Gasteiger partial charge in [0, 0.05) is 18.7 Å². The van der Waals surface area contributed by atoms with E-state index in [0.717, 1.165) is 5.56 Å². The van der Waals surface area contributed by atoms with E-state index in [4.69, 9.17) is 24.7 Å². The number of hydrogen-bond acceptors (Lipinski definition) is 5. The molecule has 5 heteroatoms. The van der Waals surface area contributed by atoms with Crippen molar-refractivity contribution in [1.29, 1.82) is 0 Å². The number of nitrogen functional groups attached to an aromatic ring is 1. The molecule has 0 aromatic heterocycles. The summed E-state index contributed by atoms with van der Waals surface area (Å²) >= 11 is 0. The van der Waals surface area contributed by atoms with Crippen LogP contribution in [0.3, 0.4) is 0 Å². The van der Waals surface area contributed by atoms with Crippen molar-refractivity contribution in [2.75, 3.05) is 33.9 Å². The highest BCUT2D eigenvalue weighted by Gasteiger charge is 2.15. The third-order valence-electron chi connectivity index (χ3n) is 2.19. The molecule has 2 N–H and O–H groups in total. The summed E-state index contributed by atoms with van der Waals surface area (Å²) in [6, 6.07) is 1.66. The Morgan fingerprint density at radius 3 is 2.25 bits per heavy atom. The molecule has 0 fully saturated rings. The third kappa shape index (κ3) is 2.30. The molecule has 0 aliphatic rings. The summed E-state index contributed by atoms with van der Waals surface area (Å²) in [5.74, 6) is 1.74. The van der Waals surface area contributed by atoms with Crippen LogP contribution in [0.5, 0.6) is 17.2 Å². The molecule has 1 aromatic rings. The quantitative estimate of drug-likeness (QED) is 0.611. The number of rotatable bonds is 5.